The van der Waals surface area contributed by atoms with Crippen molar-refractivity contribution >= 4 is 39.3 Å². The van der Waals surface area contributed by atoms with Gasteiger partial charge in [-0.15, -0.1) is 0 Å². The number of carbonyl (C=O) groups is 3. The number of amides is 2. The second kappa shape index (κ2) is 23.0. The number of hydrogen-bond donors (Lipinski definition) is 0. The molecule has 296 valence electrons. The van der Waals surface area contributed by atoms with Gasteiger partial charge in [0.15, 0.2) is 0 Å². The maximum atomic E-state index is 14.1. The molecule has 1 fully saturated rings. The fourth-order valence-electron chi connectivity index (χ4n) is 9.10. The van der Waals surface area contributed by atoms with Gasteiger partial charge in [0.1, 0.15) is 6.10 Å². The lowest BCUT2D eigenvalue weighted by molar-refractivity contribution is -0.158. The highest BCUT2D eigenvalue weighted by Gasteiger charge is 2.46. The summed E-state index contributed by atoms with van der Waals surface area (Å²) in [5.41, 5.74) is 0.909. The van der Waals surface area contributed by atoms with Gasteiger partial charge in [0, 0.05) is 0 Å². The van der Waals surface area contributed by atoms with Gasteiger partial charge in [-0.2, -0.15) is 0 Å². The molecule has 1 aliphatic heterocycles. The van der Waals surface area contributed by atoms with Crippen LogP contribution in [0.2, 0.25) is 0 Å². The number of benzene rings is 3. The van der Waals surface area contributed by atoms with Crippen LogP contribution in [0, 0.1) is 5.92 Å². The van der Waals surface area contributed by atoms with E-state index in [0.29, 0.717) is 24.0 Å². The van der Waals surface area contributed by atoms with Crippen LogP contribution >= 0.6 is 0 Å². The zero-order chi connectivity index (χ0) is 38.0. The molecule has 5 rings (SSSR count). The van der Waals surface area contributed by atoms with Crippen molar-refractivity contribution in [3.63, 3.8) is 0 Å². The molecule has 0 bridgehead atoms. The standard InChI is InChI=1S/C49H71NO4/c1-3-5-7-9-11-13-15-17-19-21-23-31-42(30-22-20-18-16-14-12-10-8-6-4-2)54-49(53)43-32-26-27-33-46(43)50-47(51)44-36-40-34-38-28-24-25-29-39(38)35-41(40)37-45(44)48(50)52/h24-25,28-29,34-37,42-43,46H,3-23,26-27,30-33H2,1-2H3/t42?,43-,46-/m1/s1. The van der Waals surface area contributed by atoms with Crippen LogP contribution in [0.4, 0.5) is 0 Å². The highest BCUT2D eigenvalue weighted by Crippen LogP contribution is 2.37. The Labute approximate surface area is 327 Å². The Bertz CT molecular complexity index is 1540. The van der Waals surface area contributed by atoms with E-state index in [1.807, 2.05) is 24.3 Å². The maximum absolute atomic E-state index is 14.1. The first-order chi connectivity index (χ1) is 26.5. The van der Waals surface area contributed by atoms with Gasteiger partial charge in [-0.25, -0.2) is 0 Å². The number of rotatable bonds is 26. The number of ether oxygens (including phenoxy) is 1. The van der Waals surface area contributed by atoms with Gasteiger partial charge in [0.25, 0.3) is 11.8 Å². The minimum absolute atomic E-state index is 0.0886. The van der Waals surface area contributed by atoms with Gasteiger partial charge in [-0.3, -0.25) is 19.3 Å². The fraction of sp³-hybridized carbons (Fsp3) is 0.653. The van der Waals surface area contributed by atoms with Crippen molar-refractivity contribution in [3.05, 3.63) is 59.7 Å². The molecule has 0 saturated heterocycles. The van der Waals surface area contributed by atoms with E-state index in [4.69, 9.17) is 4.74 Å². The van der Waals surface area contributed by atoms with Gasteiger partial charge in [0.05, 0.1) is 23.1 Å². The molecule has 3 aromatic rings. The molecule has 0 spiro atoms. The molecule has 2 aliphatic rings. The molecule has 0 aromatic heterocycles. The van der Waals surface area contributed by atoms with Gasteiger partial charge in [-0.1, -0.05) is 173 Å². The first-order valence-corrected chi connectivity index (χ1v) is 22.6. The van der Waals surface area contributed by atoms with Crippen LogP contribution in [0.15, 0.2) is 48.5 Å². The predicted molar refractivity (Wildman–Crippen MR) is 225 cm³/mol. The number of fused-ring (bicyclic) bond motifs is 3. The van der Waals surface area contributed by atoms with Crippen molar-refractivity contribution in [2.24, 2.45) is 5.92 Å². The third-order valence-electron chi connectivity index (χ3n) is 12.4. The summed E-state index contributed by atoms with van der Waals surface area (Å²) >= 11 is 0. The molecule has 5 nitrogen and oxygen atoms in total. The summed E-state index contributed by atoms with van der Waals surface area (Å²) in [6, 6.07) is 15.7. The normalized spacial score (nSPS) is 17.8. The number of esters is 1. The molecule has 1 saturated carbocycles. The Balaban J connectivity index is 1.16. The second-order valence-corrected chi connectivity index (χ2v) is 16.7. The zero-order valence-electron chi connectivity index (χ0n) is 34.0. The predicted octanol–water partition coefficient (Wildman–Crippen LogP) is 14.1. The lowest BCUT2D eigenvalue weighted by Gasteiger charge is -2.36. The monoisotopic (exact) mass is 738 g/mol. The van der Waals surface area contributed by atoms with E-state index in [2.05, 4.69) is 38.1 Å². The maximum Gasteiger partial charge on any atom is 0.311 e. The smallest absolute Gasteiger partial charge is 0.311 e. The molecule has 1 heterocycles. The molecule has 0 radical (unpaired) electrons. The van der Waals surface area contributed by atoms with Crippen molar-refractivity contribution in [2.45, 2.75) is 199 Å². The lowest BCUT2D eigenvalue weighted by Crippen LogP contribution is -2.49. The average molecular weight is 738 g/mol. The zero-order valence-corrected chi connectivity index (χ0v) is 34.0. The number of nitrogens with zero attached hydrogens (tertiary/aromatic N) is 1. The van der Waals surface area contributed by atoms with Crippen molar-refractivity contribution < 1.29 is 19.1 Å². The number of carbonyl (C=O) groups excluding carboxylic acids is 3. The third-order valence-corrected chi connectivity index (χ3v) is 12.4. The van der Waals surface area contributed by atoms with Crippen LogP contribution in [0.5, 0.6) is 0 Å². The highest BCUT2D eigenvalue weighted by atomic mass is 16.5. The van der Waals surface area contributed by atoms with Crippen LogP contribution in [-0.2, 0) is 9.53 Å². The van der Waals surface area contributed by atoms with Gasteiger partial charge >= 0.3 is 5.97 Å². The highest BCUT2D eigenvalue weighted by molar-refractivity contribution is 6.23. The van der Waals surface area contributed by atoms with Crippen molar-refractivity contribution in [1.82, 2.24) is 4.90 Å². The van der Waals surface area contributed by atoms with E-state index < -0.39 is 12.0 Å². The van der Waals surface area contributed by atoms with Crippen LogP contribution in [0.3, 0.4) is 0 Å². The van der Waals surface area contributed by atoms with Crippen LogP contribution < -0.4 is 0 Å². The average Bonchev–Trinajstić information content (AvgIpc) is 3.42. The van der Waals surface area contributed by atoms with E-state index in [0.717, 1.165) is 60.1 Å². The van der Waals surface area contributed by atoms with E-state index in [-0.39, 0.29) is 23.9 Å². The molecule has 3 aromatic carbocycles. The Morgan fingerprint density at radius 2 is 0.981 bits per heavy atom. The summed E-state index contributed by atoms with van der Waals surface area (Å²) in [5.74, 6) is -1.20. The first-order valence-electron chi connectivity index (χ1n) is 22.6. The number of imide groups is 1. The van der Waals surface area contributed by atoms with Crippen molar-refractivity contribution in [2.75, 3.05) is 0 Å². The van der Waals surface area contributed by atoms with Crippen LogP contribution in [-0.4, -0.2) is 34.8 Å². The molecule has 0 N–H and O–H groups in total. The van der Waals surface area contributed by atoms with Crippen LogP contribution in [0.25, 0.3) is 21.5 Å². The molecule has 1 aliphatic carbocycles. The van der Waals surface area contributed by atoms with E-state index in [1.54, 1.807) is 0 Å². The first kappa shape index (κ1) is 41.9. The van der Waals surface area contributed by atoms with Crippen molar-refractivity contribution in [1.29, 1.82) is 0 Å². The molecule has 5 heteroatoms. The molecule has 3 atom stereocenters. The minimum Gasteiger partial charge on any atom is -0.462 e. The van der Waals surface area contributed by atoms with Gasteiger partial charge in [0.2, 0.25) is 0 Å². The SMILES string of the molecule is CCCCCCCCCCCCCC(CCCCCCCCCCCC)OC(=O)[C@@H]1CCCC[C@H]1N1C(=O)c2cc3cc4ccccc4cc3cc2C1=O. The summed E-state index contributed by atoms with van der Waals surface area (Å²) in [6.07, 6.45) is 32.0. The Hall–Kier alpha value is -3.21. The third kappa shape index (κ3) is 12.1. The van der Waals surface area contributed by atoms with Crippen LogP contribution in [0.1, 0.15) is 208 Å². The van der Waals surface area contributed by atoms with E-state index >= 15 is 0 Å². The van der Waals surface area contributed by atoms with Gasteiger partial charge < -0.3 is 4.74 Å². The molecular formula is C49H71NO4. The topological polar surface area (TPSA) is 63.7 Å². The molecule has 1 unspecified atom stereocenters. The number of hydrogen-bond acceptors (Lipinski definition) is 4. The molecular weight excluding hydrogens is 667 g/mol. The van der Waals surface area contributed by atoms with E-state index in [1.165, 1.54) is 127 Å². The summed E-state index contributed by atoms with van der Waals surface area (Å²) in [5, 5.41) is 4.11. The fourth-order valence-corrected chi connectivity index (χ4v) is 9.10. The summed E-state index contributed by atoms with van der Waals surface area (Å²) in [4.78, 5) is 43.5. The Morgan fingerprint density at radius 3 is 1.43 bits per heavy atom. The lowest BCUT2D eigenvalue weighted by atomic mass is 9.83. The minimum atomic E-state index is -0.467. The number of unbranched alkanes of at least 4 members (excludes halogenated alkanes) is 19. The van der Waals surface area contributed by atoms with E-state index in [9.17, 15) is 14.4 Å². The summed E-state index contributed by atoms with van der Waals surface area (Å²) < 4.78 is 6.42. The Kier molecular flexibility index (Phi) is 17.9. The Morgan fingerprint density at radius 1 is 0.574 bits per heavy atom. The van der Waals surface area contributed by atoms with Gasteiger partial charge in [-0.05, 0) is 84.3 Å². The molecule has 54 heavy (non-hydrogen) atoms. The summed E-state index contributed by atoms with van der Waals surface area (Å²) in [6.45, 7) is 4.54. The molecule has 2 amide bonds. The van der Waals surface area contributed by atoms with Crippen molar-refractivity contribution in [3.8, 4) is 0 Å². The second-order valence-electron chi connectivity index (χ2n) is 16.7. The summed E-state index contributed by atoms with van der Waals surface area (Å²) in [7, 11) is 0. The quantitative estimate of drug-likeness (QED) is 0.0356. The largest absolute Gasteiger partial charge is 0.462 e.